The van der Waals surface area contributed by atoms with E-state index >= 15 is 0 Å². The number of rotatable bonds is 8. The van der Waals surface area contributed by atoms with Crippen LogP contribution in [0.2, 0.25) is 0 Å². The van der Waals surface area contributed by atoms with Gasteiger partial charge in [0.25, 0.3) is 0 Å². The molecule has 2 amide bonds. The van der Waals surface area contributed by atoms with Crippen molar-refractivity contribution >= 4 is 16.8 Å². The third-order valence-electron chi connectivity index (χ3n) is 5.62. The second kappa shape index (κ2) is 11.0. The largest absolute Gasteiger partial charge is 0.390 e. The van der Waals surface area contributed by atoms with Crippen LogP contribution >= 0.6 is 0 Å². The number of hydrogen-bond donors (Lipinski definition) is 4. The summed E-state index contributed by atoms with van der Waals surface area (Å²) in [4.78, 5) is 11.9. The van der Waals surface area contributed by atoms with Crippen molar-refractivity contribution < 1.29 is 22.9 Å². The van der Waals surface area contributed by atoms with Crippen molar-refractivity contribution in [3.63, 3.8) is 0 Å². The highest BCUT2D eigenvalue weighted by Crippen LogP contribution is 2.28. The van der Waals surface area contributed by atoms with Crippen molar-refractivity contribution in [3.05, 3.63) is 70.3 Å². The van der Waals surface area contributed by atoms with E-state index in [-0.39, 0.29) is 19.0 Å². The molecule has 0 saturated heterocycles. The number of urea groups is 1. The van der Waals surface area contributed by atoms with Crippen LogP contribution in [0.4, 0.5) is 13.6 Å². The van der Waals surface area contributed by atoms with Crippen LogP contribution in [-0.4, -0.2) is 46.8 Å². The number of carbonyl (C=O) groups is 1. The number of benzene rings is 2. The highest BCUT2D eigenvalue weighted by Gasteiger charge is 2.27. The summed E-state index contributed by atoms with van der Waals surface area (Å²) in [5.41, 5.74) is 3.59. The van der Waals surface area contributed by atoms with Crippen molar-refractivity contribution in [2.45, 2.75) is 43.7 Å². The van der Waals surface area contributed by atoms with Gasteiger partial charge >= 0.3 is 6.03 Å². The Morgan fingerprint density at radius 1 is 1.19 bits per heavy atom. The molecule has 4 atom stereocenters. The fourth-order valence-corrected chi connectivity index (χ4v) is 5.31. The fraction of sp³-hybridized carbons (Fsp3) is 0.435. The minimum atomic E-state index is -1.05. The zero-order valence-corrected chi connectivity index (χ0v) is 19.0. The molecular weight excluding hydrogens is 436 g/mol. The van der Waals surface area contributed by atoms with E-state index in [4.69, 9.17) is 0 Å². The predicted octanol–water partition coefficient (Wildman–Crippen LogP) is 2.32. The van der Waals surface area contributed by atoms with Crippen LogP contribution in [-0.2, 0) is 29.4 Å². The predicted molar refractivity (Wildman–Crippen MR) is 121 cm³/mol. The number of halogens is 2. The molecule has 0 radical (unpaired) electrons. The van der Waals surface area contributed by atoms with E-state index in [1.165, 1.54) is 24.7 Å². The molecule has 1 aliphatic rings. The lowest BCUT2D eigenvalue weighted by atomic mass is 9.97. The first kappa shape index (κ1) is 24.3. The third kappa shape index (κ3) is 6.34. The number of aliphatic hydroxyl groups excluding tert-OH is 1. The number of aryl methyl sites for hydroxylation is 1. The standard InChI is InChI=1S/C23H29F2N3O3S/c1-3-14-4-5-16-12-32(31)13-21(19(16)8-14)27-11-22(29)20(28-23(30)26-2)9-15-6-17(24)10-18(25)7-15/h4-8,10,20-22,27,29H,3,9,11-13H2,1-2H3,(H2,26,28,30)/t20-,21-,22+,32?/m0/s1. The first-order valence-electron chi connectivity index (χ1n) is 10.6. The summed E-state index contributed by atoms with van der Waals surface area (Å²) in [6.07, 6.45) is -0.126. The van der Waals surface area contributed by atoms with Gasteiger partial charge in [0.2, 0.25) is 0 Å². The molecule has 0 saturated carbocycles. The normalized spacial score (nSPS) is 19.7. The molecule has 1 aliphatic heterocycles. The van der Waals surface area contributed by atoms with Crippen molar-refractivity contribution in [3.8, 4) is 0 Å². The molecule has 0 aromatic heterocycles. The summed E-state index contributed by atoms with van der Waals surface area (Å²) in [5, 5.41) is 19.2. The van der Waals surface area contributed by atoms with E-state index in [1.807, 2.05) is 12.1 Å². The van der Waals surface area contributed by atoms with Crippen LogP contribution in [0.3, 0.4) is 0 Å². The second-order valence-corrected chi connectivity index (χ2v) is 9.48. The Labute approximate surface area is 189 Å². The van der Waals surface area contributed by atoms with Crippen LogP contribution in [0, 0.1) is 11.6 Å². The molecule has 2 aromatic rings. The first-order valence-corrected chi connectivity index (χ1v) is 12.1. The van der Waals surface area contributed by atoms with Gasteiger partial charge in [-0.2, -0.15) is 0 Å². The number of fused-ring (bicyclic) bond motifs is 1. The molecule has 174 valence electrons. The fourth-order valence-electron chi connectivity index (χ4n) is 3.91. The highest BCUT2D eigenvalue weighted by atomic mass is 32.2. The summed E-state index contributed by atoms with van der Waals surface area (Å²) >= 11 is 0. The van der Waals surface area contributed by atoms with Gasteiger partial charge in [0, 0.05) is 48.0 Å². The molecule has 2 aromatic carbocycles. The Kier molecular flexibility index (Phi) is 8.33. The van der Waals surface area contributed by atoms with Gasteiger partial charge in [-0.25, -0.2) is 13.6 Å². The van der Waals surface area contributed by atoms with E-state index < -0.39 is 40.6 Å². The quantitative estimate of drug-likeness (QED) is 0.482. The van der Waals surface area contributed by atoms with Gasteiger partial charge in [-0.3, -0.25) is 4.21 Å². The summed E-state index contributed by atoms with van der Waals surface area (Å²) < 4.78 is 39.5. The highest BCUT2D eigenvalue weighted by molar-refractivity contribution is 7.84. The third-order valence-corrected chi connectivity index (χ3v) is 6.96. The lowest BCUT2D eigenvalue weighted by Gasteiger charge is -2.30. The molecule has 32 heavy (non-hydrogen) atoms. The number of aliphatic hydroxyl groups is 1. The molecule has 0 aliphatic carbocycles. The van der Waals surface area contributed by atoms with Crippen molar-refractivity contribution in [2.24, 2.45) is 0 Å². The maximum atomic E-state index is 13.6. The van der Waals surface area contributed by atoms with Crippen LogP contribution in [0.25, 0.3) is 0 Å². The van der Waals surface area contributed by atoms with Crippen LogP contribution in [0.5, 0.6) is 0 Å². The van der Waals surface area contributed by atoms with Gasteiger partial charge < -0.3 is 21.1 Å². The Hall–Kier alpha value is -2.36. The van der Waals surface area contributed by atoms with Crippen LogP contribution in [0.1, 0.15) is 35.2 Å². The number of nitrogens with one attached hydrogen (secondary N) is 3. The number of carbonyl (C=O) groups excluding carboxylic acids is 1. The molecule has 6 nitrogen and oxygen atoms in total. The molecular formula is C23H29F2N3O3S. The van der Waals surface area contributed by atoms with Crippen molar-refractivity contribution in [1.29, 1.82) is 0 Å². The number of amides is 2. The average molecular weight is 466 g/mol. The zero-order valence-electron chi connectivity index (χ0n) is 18.2. The van der Waals surface area contributed by atoms with Crippen molar-refractivity contribution in [1.82, 2.24) is 16.0 Å². The molecule has 1 unspecified atom stereocenters. The Balaban J connectivity index is 1.74. The SMILES string of the molecule is CCc1ccc2c(c1)[C@@H](NC[C@@H](O)[C@H](Cc1cc(F)cc(F)c1)NC(=O)NC)CS(=O)C2. The first-order chi connectivity index (χ1) is 15.3. The van der Waals surface area contributed by atoms with Gasteiger partial charge in [-0.15, -0.1) is 0 Å². The van der Waals surface area contributed by atoms with E-state index in [9.17, 15) is 22.9 Å². The van der Waals surface area contributed by atoms with Gasteiger partial charge in [0.05, 0.1) is 12.1 Å². The van der Waals surface area contributed by atoms with Crippen LogP contribution < -0.4 is 16.0 Å². The minimum absolute atomic E-state index is 0.0398. The second-order valence-electron chi connectivity index (χ2n) is 7.98. The Bertz CT molecular complexity index is 969. The molecule has 0 fully saturated rings. The maximum Gasteiger partial charge on any atom is 0.314 e. The van der Waals surface area contributed by atoms with Gasteiger partial charge in [-0.05, 0) is 47.2 Å². The number of hydrogen-bond acceptors (Lipinski definition) is 4. The van der Waals surface area contributed by atoms with Crippen molar-refractivity contribution in [2.75, 3.05) is 19.3 Å². The zero-order chi connectivity index (χ0) is 23.3. The Morgan fingerprint density at radius 3 is 2.56 bits per heavy atom. The molecule has 3 rings (SSSR count). The van der Waals surface area contributed by atoms with E-state index in [1.54, 1.807) is 0 Å². The van der Waals surface area contributed by atoms with Gasteiger partial charge in [-0.1, -0.05) is 25.1 Å². The summed E-state index contributed by atoms with van der Waals surface area (Å²) in [6, 6.07) is 7.76. The smallest absolute Gasteiger partial charge is 0.314 e. The summed E-state index contributed by atoms with van der Waals surface area (Å²) in [5.74, 6) is -0.514. The Morgan fingerprint density at radius 2 is 1.91 bits per heavy atom. The van der Waals surface area contributed by atoms with E-state index in [0.29, 0.717) is 17.1 Å². The monoisotopic (exact) mass is 465 g/mol. The maximum absolute atomic E-state index is 13.6. The molecule has 0 spiro atoms. The summed E-state index contributed by atoms with van der Waals surface area (Å²) in [6.45, 7) is 2.17. The molecule has 9 heteroatoms. The molecule has 1 heterocycles. The minimum Gasteiger partial charge on any atom is -0.390 e. The molecule has 4 N–H and O–H groups in total. The van der Waals surface area contributed by atoms with Crippen LogP contribution in [0.15, 0.2) is 36.4 Å². The lowest BCUT2D eigenvalue weighted by molar-refractivity contribution is 0.124. The van der Waals surface area contributed by atoms with E-state index in [2.05, 4.69) is 28.9 Å². The van der Waals surface area contributed by atoms with Gasteiger partial charge in [0.1, 0.15) is 11.6 Å². The molecule has 0 bridgehead atoms. The summed E-state index contributed by atoms with van der Waals surface area (Å²) in [7, 11) is 0.423. The average Bonchev–Trinajstić information content (AvgIpc) is 2.75. The lowest BCUT2D eigenvalue weighted by Crippen LogP contribution is -2.51. The topological polar surface area (TPSA) is 90.5 Å². The van der Waals surface area contributed by atoms with Gasteiger partial charge in [0.15, 0.2) is 0 Å². The van der Waals surface area contributed by atoms with E-state index in [0.717, 1.165) is 23.6 Å².